The number of imidazole rings is 1. The number of hydrogen-bond donors (Lipinski definition) is 1. The predicted molar refractivity (Wildman–Crippen MR) is 72.9 cm³/mol. The average Bonchev–Trinajstić information content (AvgIpc) is 2.79. The van der Waals surface area contributed by atoms with Crippen LogP contribution in [0.15, 0.2) is 30.5 Å². The van der Waals surface area contributed by atoms with Crippen LogP contribution < -0.4 is 5.32 Å². The highest BCUT2D eigenvalue weighted by atomic mass is 15.2. The molecule has 4 nitrogen and oxygen atoms in total. The van der Waals surface area contributed by atoms with Gasteiger partial charge in [0.05, 0.1) is 17.2 Å². The van der Waals surface area contributed by atoms with Gasteiger partial charge in [-0.2, -0.15) is 0 Å². The number of fused-ring (bicyclic) bond motifs is 5. The SMILES string of the molecule is C[C@H]1CCNc2nc3cnc4ccccc4c3n21. The van der Waals surface area contributed by atoms with E-state index in [0.717, 1.165) is 29.9 Å². The molecular weight excluding hydrogens is 224 g/mol. The van der Waals surface area contributed by atoms with Crippen LogP contribution in [0.1, 0.15) is 19.4 Å². The number of nitrogens with one attached hydrogen (secondary N) is 1. The molecule has 0 unspecified atom stereocenters. The van der Waals surface area contributed by atoms with Gasteiger partial charge in [-0.3, -0.25) is 4.98 Å². The van der Waals surface area contributed by atoms with Gasteiger partial charge in [-0.1, -0.05) is 18.2 Å². The van der Waals surface area contributed by atoms with Gasteiger partial charge >= 0.3 is 0 Å². The van der Waals surface area contributed by atoms with Crippen molar-refractivity contribution in [2.75, 3.05) is 11.9 Å². The second-order valence-corrected chi connectivity index (χ2v) is 4.88. The maximum absolute atomic E-state index is 4.64. The van der Waals surface area contributed by atoms with Gasteiger partial charge in [0, 0.05) is 18.0 Å². The Bertz CT molecular complexity index is 744. The summed E-state index contributed by atoms with van der Waals surface area (Å²) in [6.07, 6.45) is 3.01. The Hall–Kier alpha value is -2.10. The lowest BCUT2D eigenvalue weighted by molar-refractivity contribution is 0.511. The number of aromatic nitrogens is 3. The van der Waals surface area contributed by atoms with Crippen molar-refractivity contribution in [1.82, 2.24) is 14.5 Å². The van der Waals surface area contributed by atoms with Gasteiger partial charge in [0.2, 0.25) is 5.95 Å². The number of benzene rings is 1. The molecule has 0 aliphatic carbocycles. The van der Waals surface area contributed by atoms with Gasteiger partial charge in [-0.15, -0.1) is 0 Å². The third kappa shape index (κ3) is 1.20. The Morgan fingerprint density at radius 2 is 2.17 bits per heavy atom. The van der Waals surface area contributed by atoms with Crippen LogP contribution in [-0.2, 0) is 0 Å². The van der Waals surface area contributed by atoms with Crippen molar-refractivity contribution >= 4 is 27.9 Å². The summed E-state index contributed by atoms with van der Waals surface area (Å²) in [5, 5.41) is 4.56. The molecule has 0 radical (unpaired) electrons. The molecule has 0 amide bonds. The molecule has 2 aromatic heterocycles. The quantitative estimate of drug-likeness (QED) is 0.654. The number of nitrogens with zero attached hydrogens (tertiary/aromatic N) is 3. The predicted octanol–water partition coefficient (Wildman–Crippen LogP) is 2.96. The van der Waals surface area contributed by atoms with Crippen LogP contribution in [0.2, 0.25) is 0 Å². The molecule has 1 atom stereocenters. The molecule has 4 heteroatoms. The smallest absolute Gasteiger partial charge is 0.204 e. The maximum atomic E-state index is 4.64. The fraction of sp³-hybridized carbons (Fsp3) is 0.286. The zero-order valence-electron chi connectivity index (χ0n) is 10.2. The topological polar surface area (TPSA) is 42.7 Å². The van der Waals surface area contributed by atoms with Crippen molar-refractivity contribution < 1.29 is 0 Å². The van der Waals surface area contributed by atoms with Crippen LogP contribution in [0.4, 0.5) is 5.95 Å². The monoisotopic (exact) mass is 238 g/mol. The molecule has 3 heterocycles. The fourth-order valence-electron chi connectivity index (χ4n) is 2.80. The van der Waals surface area contributed by atoms with Gasteiger partial charge < -0.3 is 9.88 Å². The molecule has 3 aromatic rings. The first-order valence-electron chi connectivity index (χ1n) is 6.34. The largest absolute Gasteiger partial charge is 0.356 e. The molecule has 1 N–H and O–H groups in total. The van der Waals surface area contributed by atoms with E-state index in [1.807, 2.05) is 12.3 Å². The second kappa shape index (κ2) is 3.45. The highest BCUT2D eigenvalue weighted by Gasteiger charge is 2.21. The lowest BCUT2D eigenvalue weighted by Crippen LogP contribution is -2.20. The Balaban J connectivity index is 2.20. The van der Waals surface area contributed by atoms with E-state index in [0.29, 0.717) is 6.04 Å². The summed E-state index contributed by atoms with van der Waals surface area (Å²) in [4.78, 5) is 9.12. The van der Waals surface area contributed by atoms with Crippen LogP contribution in [0.5, 0.6) is 0 Å². The number of rotatable bonds is 0. The van der Waals surface area contributed by atoms with Crippen molar-refractivity contribution in [3.8, 4) is 0 Å². The molecule has 4 rings (SSSR count). The molecule has 0 saturated heterocycles. The Labute approximate surface area is 105 Å². The van der Waals surface area contributed by atoms with Crippen molar-refractivity contribution in [3.63, 3.8) is 0 Å². The maximum Gasteiger partial charge on any atom is 0.204 e. The first-order chi connectivity index (χ1) is 8.84. The first-order valence-corrected chi connectivity index (χ1v) is 6.34. The van der Waals surface area contributed by atoms with Gasteiger partial charge in [0.25, 0.3) is 0 Å². The molecule has 1 aromatic carbocycles. The standard InChI is InChI=1S/C14H14N4/c1-9-6-7-15-14-17-12-8-16-11-5-3-2-4-10(11)13(12)18(9)14/h2-5,8-9H,6-7H2,1H3,(H,15,17)/t9-/m0/s1. The molecule has 0 fully saturated rings. The van der Waals surface area contributed by atoms with Gasteiger partial charge in [-0.25, -0.2) is 4.98 Å². The Morgan fingerprint density at radius 3 is 3.11 bits per heavy atom. The molecule has 1 aliphatic rings. The average molecular weight is 238 g/mol. The van der Waals surface area contributed by atoms with E-state index >= 15 is 0 Å². The molecule has 90 valence electrons. The van der Waals surface area contributed by atoms with E-state index in [-0.39, 0.29) is 0 Å². The zero-order chi connectivity index (χ0) is 12.1. The third-order valence-corrected chi connectivity index (χ3v) is 3.71. The lowest BCUT2D eigenvalue weighted by atomic mass is 10.1. The van der Waals surface area contributed by atoms with Crippen LogP contribution in [0, 0.1) is 0 Å². The number of anilines is 1. The highest BCUT2D eigenvalue weighted by molar-refractivity contribution is 6.03. The summed E-state index contributed by atoms with van der Waals surface area (Å²) in [5.74, 6) is 0.974. The lowest BCUT2D eigenvalue weighted by Gasteiger charge is -2.23. The van der Waals surface area contributed by atoms with Crippen LogP contribution in [0.3, 0.4) is 0 Å². The van der Waals surface area contributed by atoms with Crippen LogP contribution >= 0.6 is 0 Å². The summed E-state index contributed by atoms with van der Waals surface area (Å²) in [5.41, 5.74) is 3.21. The summed E-state index contributed by atoms with van der Waals surface area (Å²) in [6.45, 7) is 3.25. The first kappa shape index (κ1) is 9.88. The molecule has 18 heavy (non-hydrogen) atoms. The fourth-order valence-corrected chi connectivity index (χ4v) is 2.80. The van der Waals surface area contributed by atoms with E-state index in [1.54, 1.807) is 0 Å². The van der Waals surface area contributed by atoms with E-state index in [2.05, 4.69) is 45.0 Å². The third-order valence-electron chi connectivity index (χ3n) is 3.71. The van der Waals surface area contributed by atoms with Crippen molar-refractivity contribution in [3.05, 3.63) is 30.5 Å². The molecule has 0 spiro atoms. The van der Waals surface area contributed by atoms with Gasteiger partial charge in [0.1, 0.15) is 5.52 Å². The van der Waals surface area contributed by atoms with Crippen LogP contribution in [0.25, 0.3) is 21.9 Å². The summed E-state index contributed by atoms with van der Waals surface area (Å²) < 4.78 is 2.31. The van der Waals surface area contributed by atoms with Crippen molar-refractivity contribution in [1.29, 1.82) is 0 Å². The zero-order valence-corrected chi connectivity index (χ0v) is 10.2. The summed E-state index contributed by atoms with van der Waals surface area (Å²) in [6, 6.07) is 8.74. The van der Waals surface area contributed by atoms with E-state index < -0.39 is 0 Å². The van der Waals surface area contributed by atoms with Gasteiger partial charge in [-0.05, 0) is 19.4 Å². The normalized spacial score (nSPS) is 18.8. The number of hydrogen-bond acceptors (Lipinski definition) is 3. The van der Waals surface area contributed by atoms with Crippen LogP contribution in [-0.4, -0.2) is 21.1 Å². The molecule has 0 bridgehead atoms. The summed E-state index contributed by atoms with van der Waals surface area (Å²) in [7, 11) is 0. The molecule has 0 saturated carbocycles. The number of pyridine rings is 1. The van der Waals surface area contributed by atoms with E-state index in [4.69, 9.17) is 0 Å². The number of para-hydroxylation sites is 1. The minimum Gasteiger partial charge on any atom is -0.356 e. The summed E-state index contributed by atoms with van der Waals surface area (Å²) >= 11 is 0. The molecular formula is C14H14N4. The minimum absolute atomic E-state index is 0.483. The van der Waals surface area contributed by atoms with Crippen molar-refractivity contribution in [2.45, 2.75) is 19.4 Å². The Kier molecular flexibility index (Phi) is 1.89. The molecule has 1 aliphatic heterocycles. The minimum atomic E-state index is 0.483. The highest BCUT2D eigenvalue weighted by Crippen LogP contribution is 2.32. The van der Waals surface area contributed by atoms with Crippen molar-refractivity contribution in [2.24, 2.45) is 0 Å². The van der Waals surface area contributed by atoms with E-state index in [9.17, 15) is 0 Å². The van der Waals surface area contributed by atoms with E-state index in [1.165, 1.54) is 10.9 Å². The van der Waals surface area contributed by atoms with Gasteiger partial charge in [0.15, 0.2) is 0 Å². The Morgan fingerprint density at radius 1 is 1.28 bits per heavy atom. The second-order valence-electron chi connectivity index (χ2n) is 4.88.